The van der Waals surface area contributed by atoms with Crippen LogP contribution in [0.2, 0.25) is 0 Å². The van der Waals surface area contributed by atoms with Crippen LogP contribution in [0.4, 0.5) is 4.39 Å². The normalized spacial score (nSPS) is 19.4. The second-order valence-corrected chi connectivity index (χ2v) is 10.6. The number of rotatable bonds is 6. The molecule has 7 nitrogen and oxygen atoms in total. The number of hydrogen-bond donors (Lipinski definition) is 1. The molecular weight excluding hydrogens is 477 g/mol. The lowest BCUT2D eigenvalue weighted by Crippen LogP contribution is -2.35. The van der Waals surface area contributed by atoms with Crippen molar-refractivity contribution in [2.24, 2.45) is 5.73 Å². The van der Waals surface area contributed by atoms with Gasteiger partial charge in [-0.1, -0.05) is 30.3 Å². The van der Waals surface area contributed by atoms with Crippen LogP contribution in [-0.2, 0) is 12.0 Å². The van der Waals surface area contributed by atoms with Crippen LogP contribution < -0.4 is 5.73 Å². The highest BCUT2D eigenvalue weighted by atomic mass is 32.1. The summed E-state index contributed by atoms with van der Waals surface area (Å²) >= 11 is 1.46. The molecule has 0 radical (unpaired) electrons. The van der Waals surface area contributed by atoms with Crippen molar-refractivity contribution in [3.63, 3.8) is 0 Å². The number of hydrogen-bond acceptors (Lipinski definition) is 7. The van der Waals surface area contributed by atoms with Crippen molar-refractivity contribution in [1.82, 2.24) is 20.1 Å². The molecule has 0 bridgehead atoms. The van der Waals surface area contributed by atoms with Gasteiger partial charge in [-0.2, -0.15) is 0 Å². The van der Waals surface area contributed by atoms with Gasteiger partial charge in [0.05, 0.1) is 18.1 Å². The van der Waals surface area contributed by atoms with Crippen molar-refractivity contribution in [3.05, 3.63) is 87.2 Å². The number of alkyl halides is 1. The zero-order chi connectivity index (χ0) is 25.4. The first-order valence-corrected chi connectivity index (χ1v) is 12.7. The fourth-order valence-electron chi connectivity index (χ4n) is 4.63. The van der Waals surface area contributed by atoms with E-state index in [1.165, 1.54) is 11.3 Å². The summed E-state index contributed by atoms with van der Waals surface area (Å²) in [5.74, 6) is 0.351. The number of benzene rings is 2. The quantitative estimate of drug-likeness (QED) is 0.389. The molecule has 36 heavy (non-hydrogen) atoms. The molecule has 3 heterocycles. The average Bonchev–Trinajstić information content (AvgIpc) is 3.58. The standard InChI is InChI=1S/C27H28FN5O2S/c1-16-9-19(23-31-32-26(35-23)27(3,29)13-18-7-5-4-6-8-18)11-20(10-16)25(34)33-14-21(28)12-22(33)24-30-17(2)15-36-24/h4-11,15,21-22H,12-14,29H2,1-3H3/t21-,22+,27-/m0/s1. The molecule has 1 saturated heterocycles. The SMILES string of the molecule is Cc1cc(C(=O)N2C[C@@H](F)C[C@@H]2c2nc(C)cs2)cc(-c2nnc([C@@](C)(N)Cc3ccccc3)o2)c1. The number of carbonyl (C=O) groups excluding carboxylic acids is 1. The molecule has 9 heteroatoms. The van der Waals surface area contributed by atoms with E-state index in [9.17, 15) is 9.18 Å². The van der Waals surface area contributed by atoms with Gasteiger partial charge in [0.2, 0.25) is 11.8 Å². The molecule has 1 aliphatic rings. The minimum absolute atomic E-state index is 0.0428. The van der Waals surface area contributed by atoms with E-state index in [0.29, 0.717) is 23.4 Å². The van der Waals surface area contributed by atoms with Gasteiger partial charge in [0.25, 0.3) is 5.91 Å². The summed E-state index contributed by atoms with van der Waals surface area (Å²) in [6.45, 7) is 5.68. The first-order valence-electron chi connectivity index (χ1n) is 11.9. The Morgan fingerprint density at radius 1 is 1.22 bits per heavy atom. The first-order chi connectivity index (χ1) is 17.2. The number of halogens is 1. The Balaban J connectivity index is 1.41. The summed E-state index contributed by atoms with van der Waals surface area (Å²) in [5.41, 5.74) is 9.52. The van der Waals surface area contributed by atoms with Crippen molar-refractivity contribution in [2.45, 2.75) is 51.4 Å². The third kappa shape index (κ3) is 4.94. The highest BCUT2D eigenvalue weighted by Crippen LogP contribution is 2.37. The predicted molar refractivity (Wildman–Crippen MR) is 136 cm³/mol. The maximum atomic E-state index is 14.4. The molecule has 2 aromatic heterocycles. The van der Waals surface area contributed by atoms with Gasteiger partial charge < -0.3 is 15.1 Å². The van der Waals surface area contributed by atoms with E-state index in [0.717, 1.165) is 21.8 Å². The highest BCUT2D eigenvalue weighted by Gasteiger charge is 2.38. The van der Waals surface area contributed by atoms with Gasteiger partial charge >= 0.3 is 0 Å². The fraction of sp³-hybridized carbons (Fsp3) is 0.333. The second kappa shape index (κ2) is 9.55. The third-order valence-electron chi connectivity index (χ3n) is 6.33. The smallest absolute Gasteiger partial charge is 0.254 e. The Bertz CT molecular complexity index is 1380. The lowest BCUT2D eigenvalue weighted by molar-refractivity contribution is 0.0728. The summed E-state index contributed by atoms with van der Waals surface area (Å²) < 4.78 is 20.4. The molecule has 3 atom stereocenters. The number of aromatic nitrogens is 3. The van der Waals surface area contributed by atoms with Crippen LogP contribution >= 0.6 is 11.3 Å². The Morgan fingerprint density at radius 2 is 2.00 bits per heavy atom. The Labute approximate surface area is 213 Å². The molecular formula is C27H28FN5O2S. The van der Waals surface area contributed by atoms with Crippen LogP contribution in [0.25, 0.3) is 11.5 Å². The molecule has 186 valence electrons. The summed E-state index contributed by atoms with van der Waals surface area (Å²) in [7, 11) is 0. The number of amides is 1. The number of nitrogens with two attached hydrogens (primary N) is 1. The van der Waals surface area contributed by atoms with Crippen molar-refractivity contribution in [1.29, 1.82) is 0 Å². The molecule has 1 fully saturated rings. The largest absolute Gasteiger partial charge is 0.419 e. The van der Waals surface area contributed by atoms with E-state index in [1.807, 2.05) is 62.5 Å². The lowest BCUT2D eigenvalue weighted by atomic mass is 9.94. The highest BCUT2D eigenvalue weighted by molar-refractivity contribution is 7.09. The Kier molecular flexibility index (Phi) is 6.44. The minimum Gasteiger partial charge on any atom is -0.419 e. The van der Waals surface area contributed by atoms with E-state index >= 15 is 0 Å². The van der Waals surface area contributed by atoms with Gasteiger partial charge in [-0.3, -0.25) is 4.79 Å². The van der Waals surface area contributed by atoms with Crippen molar-refractivity contribution in [3.8, 4) is 11.5 Å². The molecule has 2 N–H and O–H groups in total. The number of thiazole rings is 1. The summed E-state index contributed by atoms with van der Waals surface area (Å²) in [5, 5.41) is 11.1. The number of nitrogens with zero attached hydrogens (tertiary/aromatic N) is 4. The zero-order valence-corrected chi connectivity index (χ0v) is 21.3. The zero-order valence-electron chi connectivity index (χ0n) is 20.4. The van der Waals surface area contributed by atoms with E-state index in [-0.39, 0.29) is 30.8 Å². The maximum absolute atomic E-state index is 14.4. The Morgan fingerprint density at radius 3 is 2.72 bits per heavy atom. The van der Waals surface area contributed by atoms with Crippen LogP contribution in [0.5, 0.6) is 0 Å². The minimum atomic E-state index is -1.09. The molecule has 2 aromatic carbocycles. The molecule has 4 aromatic rings. The first kappa shape index (κ1) is 24.3. The van der Waals surface area contributed by atoms with Crippen LogP contribution in [0.1, 0.15) is 57.5 Å². The van der Waals surface area contributed by atoms with Gasteiger partial charge in [-0.15, -0.1) is 21.5 Å². The van der Waals surface area contributed by atoms with Crippen molar-refractivity contribution >= 4 is 17.2 Å². The van der Waals surface area contributed by atoms with Crippen LogP contribution in [0.3, 0.4) is 0 Å². The van der Waals surface area contributed by atoms with Gasteiger partial charge in [-0.05, 0) is 56.5 Å². The molecule has 0 unspecified atom stereocenters. The molecule has 1 aliphatic heterocycles. The van der Waals surface area contributed by atoms with Gasteiger partial charge in [0.1, 0.15) is 11.2 Å². The van der Waals surface area contributed by atoms with E-state index in [1.54, 1.807) is 17.0 Å². The number of aryl methyl sites for hydroxylation is 2. The number of likely N-dealkylation sites (tertiary alicyclic amines) is 1. The monoisotopic (exact) mass is 505 g/mol. The van der Waals surface area contributed by atoms with E-state index in [2.05, 4.69) is 15.2 Å². The third-order valence-corrected chi connectivity index (χ3v) is 7.40. The molecule has 5 rings (SSSR count). The summed E-state index contributed by atoms with van der Waals surface area (Å²) in [6.07, 6.45) is -0.303. The van der Waals surface area contributed by atoms with Crippen LogP contribution in [-0.4, -0.2) is 38.7 Å². The topological polar surface area (TPSA) is 98.1 Å². The molecule has 0 spiro atoms. The fourth-order valence-corrected chi connectivity index (χ4v) is 5.55. The van der Waals surface area contributed by atoms with Gasteiger partial charge in [0.15, 0.2) is 0 Å². The van der Waals surface area contributed by atoms with Gasteiger partial charge in [-0.25, -0.2) is 9.37 Å². The van der Waals surface area contributed by atoms with E-state index < -0.39 is 11.7 Å². The molecule has 0 saturated carbocycles. The number of carbonyl (C=O) groups is 1. The van der Waals surface area contributed by atoms with Crippen LogP contribution in [0, 0.1) is 13.8 Å². The molecule has 0 aliphatic carbocycles. The average molecular weight is 506 g/mol. The van der Waals surface area contributed by atoms with Crippen LogP contribution in [0.15, 0.2) is 58.3 Å². The maximum Gasteiger partial charge on any atom is 0.254 e. The summed E-state index contributed by atoms with van der Waals surface area (Å²) in [4.78, 5) is 19.6. The lowest BCUT2D eigenvalue weighted by Gasteiger charge is -2.23. The van der Waals surface area contributed by atoms with Crippen molar-refractivity contribution in [2.75, 3.05) is 6.54 Å². The summed E-state index contributed by atoms with van der Waals surface area (Å²) in [6, 6.07) is 14.9. The van der Waals surface area contributed by atoms with E-state index in [4.69, 9.17) is 10.2 Å². The Hall–Kier alpha value is -3.43. The predicted octanol–water partition coefficient (Wildman–Crippen LogP) is 5.15. The van der Waals surface area contributed by atoms with Gasteiger partial charge in [0, 0.05) is 28.6 Å². The second-order valence-electron chi connectivity index (χ2n) is 9.71. The molecule has 1 amide bonds. The van der Waals surface area contributed by atoms with Crippen molar-refractivity contribution < 1.29 is 13.6 Å².